The molecular formula is C17H30Cl3N3O3Si. The van der Waals surface area contributed by atoms with Gasteiger partial charge >= 0.3 is 6.09 Å². The molecule has 156 valence electrons. The Balaban J connectivity index is 2.66. The molecule has 0 fully saturated rings. The van der Waals surface area contributed by atoms with Crippen molar-refractivity contribution in [2.45, 2.75) is 49.1 Å². The molecule has 0 spiro atoms. The molecule has 0 aliphatic heterocycles. The third-order valence-electron chi connectivity index (χ3n) is 4.67. The molecule has 0 bridgehead atoms. The molecule has 1 N–H and O–H groups in total. The molecule has 1 atom stereocenters. The molecule has 0 aliphatic carbocycles. The van der Waals surface area contributed by atoms with Crippen molar-refractivity contribution in [1.29, 1.82) is 0 Å². The van der Waals surface area contributed by atoms with Gasteiger partial charge in [-0.15, -0.1) is 0 Å². The second-order valence-corrected chi connectivity index (χ2v) is 15.6. The van der Waals surface area contributed by atoms with Crippen LogP contribution < -0.4 is 5.32 Å². The minimum absolute atomic E-state index is 0.0728. The maximum absolute atomic E-state index is 11.9. The van der Waals surface area contributed by atoms with Gasteiger partial charge in [-0.1, -0.05) is 55.6 Å². The Morgan fingerprint density at radius 3 is 2.44 bits per heavy atom. The molecule has 10 heteroatoms. The van der Waals surface area contributed by atoms with Crippen LogP contribution in [0, 0.1) is 5.92 Å². The van der Waals surface area contributed by atoms with Crippen LogP contribution in [0.2, 0.25) is 18.1 Å². The minimum Gasteiger partial charge on any atom is -0.445 e. The van der Waals surface area contributed by atoms with E-state index in [2.05, 4.69) is 44.3 Å². The van der Waals surface area contributed by atoms with E-state index in [1.807, 2.05) is 19.4 Å². The van der Waals surface area contributed by atoms with Crippen LogP contribution in [0.15, 0.2) is 12.4 Å². The van der Waals surface area contributed by atoms with Crippen molar-refractivity contribution >= 4 is 49.2 Å². The molecule has 1 heterocycles. The number of rotatable bonds is 8. The van der Waals surface area contributed by atoms with Crippen molar-refractivity contribution in [2.24, 2.45) is 13.0 Å². The number of alkyl carbamates (subject to hydrolysis) is 1. The van der Waals surface area contributed by atoms with Gasteiger partial charge in [-0.05, 0) is 30.1 Å². The molecule has 1 unspecified atom stereocenters. The van der Waals surface area contributed by atoms with E-state index in [0.717, 1.165) is 12.0 Å². The van der Waals surface area contributed by atoms with Crippen LogP contribution in [-0.2, 0) is 22.6 Å². The van der Waals surface area contributed by atoms with Gasteiger partial charge in [0.2, 0.25) is 3.79 Å². The number of amides is 1. The zero-order valence-corrected chi connectivity index (χ0v) is 20.1. The molecule has 6 nitrogen and oxygen atoms in total. The summed E-state index contributed by atoms with van der Waals surface area (Å²) in [5, 5.41) is 7.04. The number of aryl methyl sites for hydroxylation is 1. The predicted molar refractivity (Wildman–Crippen MR) is 113 cm³/mol. The largest absolute Gasteiger partial charge is 0.445 e. The normalized spacial score (nSPS) is 14.1. The lowest BCUT2D eigenvalue weighted by atomic mass is 10.0. The van der Waals surface area contributed by atoms with E-state index in [1.54, 1.807) is 4.68 Å². The van der Waals surface area contributed by atoms with Crippen LogP contribution in [0.25, 0.3) is 0 Å². The van der Waals surface area contributed by atoms with Gasteiger partial charge in [0.15, 0.2) is 8.32 Å². The lowest BCUT2D eigenvalue weighted by Crippen LogP contribution is -2.43. The summed E-state index contributed by atoms with van der Waals surface area (Å²) in [6, 6.07) is 0. The van der Waals surface area contributed by atoms with Gasteiger partial charge < -0.3 is 14.5 Å². The standard InChI is InChI=1S/C17H30Cl3N3O3Si/c1-16(2,3)27(5,6)26-11-14(7-13-9-22-23(4)10-13)8-21-15(24)25-12-17(18,19)20/h9-10,14H,7-8,11-12H2,1-6H3,(H,21,24). The number of alkyl halides is 3. The third-order valence-corrected chi connectivity index (χ3v) is 9.50. The highest BCUT2D eigenvalue weighted by Gasteiger charge is 2.37. The van der Waals surface area contributed by atoms with Gasteiger partial charge in [0.05, 0.1) is 6.20 Å². The van der Waals surface area contributed by atoms with Crippen molar-refractivity contribution in [3.8, 4) is 0 Å². The van der Waals surface area contributed by atoms with Crippen molar-refractivity contribution in [2.75, 3.05) is 19.8 Å². The smallest absolute Gasteiger partial charge is 0.407 e. The fraction of sp³-hybridized carbons (Fsp3) is 0.765. The number of aromatic nitrogens is 2. The van der Waals surface area contributed by atoms with Crippen LogP contribution in [0.1, 0.15) is 26.3 Å². The van der Waals surface area contributed by atoms with Gasteiger partial charge in [-0.25, -0.2) is 4.79 Å². The number of halogens is 3. The van der Waals surface area contributed by atoms with Crippen molar-refractivity contribution in [3.63, 3.8) is 0 Å². The molecule has 1 aromatic heterocycles. The summed E-state index contributed by atoms with van der Waals surface area (Å²) in [5.41, 5.74) is 1.08. The molecule has 0 aliphatic rings. The van der Waals surface area contributed by atoms with Gasteiger partial charge in [-0.3, -0.25) is 4.68 Å². The molecule has 0 saturated heterocycles. The first kappa shape index (κ1) is 24.6. The van der Waals surface area contributed by atoms with E-state index in [0.29, 0.717) is 13.2 Å². The highest BCUT2D eigenvalue weighted by molar-refractivity contribution is 6.74. The Hall–Kier alpha value is -0.473. The Labute approximate surface area is 178 Å². The minimum atomic E-state index is -1.89. The first-order valence-corrected chi connectivity index (χ1v) is 12.8. The lowest BCUT2D eigenvalue weighted by Gasteiger charge is -2.37. The molecule has 27 heavy (non-hydrogen) atoms. The van der Waals surface area contributed by atoms with Crippen LogP contribution in [0.5, 0.6) is 0 Å². The zero-order chi connectivity index (χ0) is 20.9. The number of hydrogen-bond acceptors (Lipinski definition) is 4. The third kappa shape index (κ3) is 9.52. The van der Waals surface area contributed by atoms with E-state index < -0.39 is 18.2 Å². The maximum atomic E-state index is 11.9. The predicted octanol–water partition coefficient (Wildman–Crippen LogP) is 4.70. The number of carbonyl (C=O) groups excluding carboxylic acids is 1. The molecule has 1 amide bonds. The Bertz CT molecular complexity index is 613. The van der Waals surface area contributed by atoms with Crippen molar-refractivity contribution < 1.29 is 14.0 Å². The van der Waals surface area contributed by atoms with Crippen molar-refractivity contribution in [1.82, 2.24) is 15.1 Å². The van der Waals surface area contributed by atoms with E-state index >= 15 is 0 Å². The van der Waals surface area contributed by atoms with Gasteiger partial charge in [0, 0.05) is 32.3 Å². The van der Waals surface area contributed by atoms with Crippen LogP contribution in [-0.4, -0.2) is 47.7 Å². The highest BCUT2D eigenvalue weighted by atomic mass is 35.6. The van der Waals surface area contributed by atoms with E-state index in [4.69, 9.17) is 44.0 Å². The first-order valence-electron chi connectivity index (χ1n) is 8.78. The number of ether oxygens (including phenoxy) is 1. The molecule has 1 aromatic rings. The first-order chi connectivity index (χ1) is 12.2. The summed E-state index contributed by atoms with van der Waals surface area (Å²) >= 11 is 16.8. The van der Waals surface area contributed by atoms with Crippen LogP contribution in [0.3, 0.4) is 0 Å². The second-order valence-electron chi connectivity index (χ2n) is 8.24. The monoisotopic (exact) mass is 457 g/mol. The summed E-state index contributed by atoms with van der Waals surface area (Å²) in [6.07, 6.45) is 3.89. The Morgan fingerprint density at radius 2 is 1.96 bits per heavy atom. The van der Waals surface area contributed by atoms with Crippen LogP contribution >= 0.6 is 34.8 Å². The summed E-state index contributed by atoms with van der Waals surface area (Å²) < 4.78 is 11.4. The number of hydrogen-bond donors (Lipinski definition) is 1. The van der Waals surface area contributed by atoms with E-state index in [9.17, 15) is 4.79 Å². The van der Waals surface area contributed by atoms with E-state index in [1.165, 1.54) is 0 Å². The summed E-state index contributed by atoms with van der Waals surface area (Å²) in [6.45, 7) is 11.6. The molecule has 0 radical (unpaired) electrons. The van der Waals surface area contributed by atoms with Gasteiger partial charge in [-0.2, -0.15) is 5.10 Å². The SMILES string of the molecule is Cn1cc(CC(CNC(=O)OCC(Cl)(Cl)Cl)CO[Si](C)(C)C(C)(C)C)cn1. The average molecular weight is 459 g/mol. The quantitative estimate of drug-likeness (QED) is 0.453. The number of nitrogens with zero attached hydrogens (tertiary/aromatic N) is 2. The summed E-state index contributed by atoms with van der Waals surface area (Å²) in [5.74, 6) is 0.0728. The van der Waals surface area contributed by atoms with Gasteiger partial charge in [0.25, 0.3) is 0 Å². The Morgan fingerprint density at radius 1 is 1.33 bits per heavy atom. The van der Waals surface area contributed by atoms with Gasteiger partial charge in [0.1, 0.15) is 6.61 Å². The number of nitrogens with one attached hydrogen (secondary N) is 1. The van der Waals surface area contributed by atoms with E-state index in [-0.39, 0.29) is 17.6 Å². The molecule has 0 saturated carbocycles. The fourth-order valence-electron chi connectivity index (χ4n) is 2.07. The molecular weight excluding hydrogens is 429 g/mol. The second kappa shape index (κ2) is 9.83. The summed E-state index contributed by atoms with van der Waals surface area (Å²) in [7, 11) is -0.0211. The van der Waals surface area contributed by atoms with Crippen LogP contribution in [0.4, 0.5) is 4.79 Å². The topological polar surface area (TPSA) is 65.4 Å². The fourth-order valence-corrected chi connectivity index (χ4v) is 3.32. The zero-order valence-electron chi connectivity index (χ0n) is 16.8. The number of carbonyl (C=O) groups is 1. The summed E-state index contributed by atoms with van der Waals surface area (Å²) in [4.78, 5) is 11.9. The maximum Gasteiger partial charge on any atom is 0.407 e. The average Bonchev–Trinajstić information content (AvgIpc) is 2.91. The van der Waals surface area contributed by atoms with Crippen molar-refractivity contribution in [3.05, 3.63) is 18.0 Å². The molecule has 1 rings (SSSR count). The highest BCUT2D eigenvalue weighted by Crippen LogP contribution is 2.36. The lowest BCUT2D eigenvalue weighted by molar-refractivity contribution is 0.143. The Kier molecular flexibility index (Phi) is 8.94. The molecule has 0 aromatic carbocycles.